The lowest BCUT2D eigenvalue weighted by Crippen LogP contribution is -2.55. The molecule has 4 aliphatic carbocycles. The maximum atomic E-state index is 11.1. The van der Waals surface area contributed by atoms with E-state index in [1.807, 2.05) is 0 Å². The fraction of sp³-hybridized carbons (Fsp3) is 0.857. The predicted octanol–water partition coefficient (Wildman–Crippen LogP) is 6.38. The minimum absolute atomic E-state index is 0.111. The van der Waals surface area contributed by atoms with Gasteiger partial charge in [-0.05, 0) is 85.4 Å². The standard InChI is InChI=1S/C28H46O2/c1-17(2)18(3)7-8-19(4)23-11-12-24-22-10-9-20-15-21(29)16-26(30)28(20,6)25(22)13-14-27(23,24)5/h7-9,17-19,21-26,29-30H,10-16H2,1-6H3/b8-7+/t18-,19+,21+,22-,23+,24-,25-,26-,27+,28-/m0/s1. The Hall–Kier alpha value is -0.600. The Bertz CT molecular complexity index is 693. The van der Waals surface area contributed by atoms with Crippen molar-refractivity contribution in [2.75, 3.05) is 0 Å². The van der Waals surface area contributed by atoms with E-state index in [1.165, 1.54) is 31.3 Å². The van der Waals surface area contributed by atoms with Crippen molar-refractivity contribution in [2.24, 2.45) is 52.3 Å². The van der Waals surface area contributed by atoms with Crippen molar-refractivity contribution in [1.82, 2.24) is 0 Å². The molecule has 30 heavy (non-hydrogen) atoms. The summed E-state index contributed by atoms with van der Waals surface area (Å²) < 4.78 is 0. The SMILES string of the molecule is CC(C)[C@@H](C)/C=C/[C@@H](C)[C@H]1CC[C@H]2[C@@H]3CC=C4C[C@@H](O)C[C@H](O)[C@]4(C)[C@H]3CC[C@]12C. The molecule has 0 heterocycles. The molecule has 0 aliphatic heterocycles. The molecule has 0 radical (unpaired) electrons. The third kappa shape index (κ3) is 3.45. The van der Waals surface area contributed by atoms with Crippen LogP contribution in [-0.2, 0) is 0 Å². The first-order chi connectivity index (χ1) is 14.1. The van der Waals surface area contributed by atoms with E-state index in [-0.39, 0.29) is 17.6 Å². The van der Waals surface area contributed by atoms with Crippen LogP contribution in [0.1, 0.15) is 86.5 Å². The predicted molar refractivity (Wildman–Crippen MR) is 125 cm³/mol. The summed E-state index contributed by atoms with van der Waals surface area (Å²) >= 11 is 0. The van der Waals surface area contributed by atoms with Gasteiger partial charge in [-0.1, -0.05) is 65.3 Å². The van der Waals surface area contributed by atoms with Crippen LogP contribution >= 0.6 is 0 Å². The topological polar surface area (TPSA) is 40.5 Å². The number of fused-ring (bicyclic) bond motifs is 5. The van der Waals surface area contributed by atoms with Gasteiger partial charge in [0.2, 0.25) is 0 Å². The summed E-state index contributed by atoms with van der Waals surface area (Å²) in [5.74, 6) is 4.88. The zero-order chi connectivity index (χ0) is 21.8. The van der Waals surface area contributed by atoms with Crippen LogP contribution in [0.4, 0.5) is 0 Å². The van der Waals surface area contributed by atoms with Crippen LogP contribution in [0.5, 0.6) is 0 Å². The maximum absolute atomic E-state index is 11.1. The highest BCUT2D eigenvalue weighted by atomic mass is 16.3. The second kappa shape index (κ2) is 8.07. The third-order valence-corrected chi connectivity index (χ3v) is 10.7. The van der Waals surface area contributed by atoms with Gasteiger partial charge in [-0.3, -0.25) is 0 Å². The molecule has 2 nitrogen and oxygen atoms in total. The molecule has 4 aliphatic rings. The lowest BCUT2D eigenvalue weighted by Gasteiger charge is -2.59. The van der Waals surface area contributed by atoms with Gasteiger partial charge in [0.05, 0.1) is 12.2 Å². The Labute approximate surface area is 185 Å². The highest BCUT2D eigenvalue weighted by Crippen LogP contribution is 2.67. The summed E-state index contributed by atoms with van der Waals surface area (Å²) in [5, 5.41) is 21.3. The fourth-order valence-corrected chi connectivity index (χ4v) is 8.31. The smallest absolute Gasteiger partial charge is 0.0658 e. The molecule has 0 amide bonds. The van der Waals surface area contributed by atoms with Crippen molar-refractivity contribution in [3.63, 3.8) is 0 Å². The largest absolute Gasteiger partial charge is 0.393 e. The molecule has 4 rings (SSSR count). The summed E-state index contributed by atoms with van der Waals surface area (Å²) in [5.41, 5.74) is 1.68. The molecular weight excluding hydrogens is 368 g/mol. The van der Waals surface area contributed by atoms with Gasteiger partial charge in [0.15, 0.2) is 0 Å². The van der Waals surface area contributed by atoms with Gasteiger partial charge in [0.1, 0.15) is 0 Å². The minimum atomic E-state index is -0.388. The molecule has 0 bridgehead atoms. The summed E-state index contributed by atoms with van der Waals surface area (Å²) in [6.07, 6.45) is 14.4. The van der Waals surface area contributed by atoms with Crippen LogP contribution < -0.4 is 0 Å². The number of allylic oxidation sites excluding steroid dienone is 3. The second-order valence-electron chi connectivity index (χ2n) is 12.3. The van der Waals surface area contributed by atoms with E-state index in [9.17, 15) is 10.2 Å². The summed E-state index contributed by atoms with van der Waals surface area (Å²) in [6.45, 7) is 14.4. The van der Waals surface area contributed by atoms with Crippen molar-refractivity contribution in [2.45, 2.75) is 98.7 Å². The summed E-state index contributed by atoms with van der Waals surface area (Å²) in [4.78, 5) is 0. The summed E-state index contributed by atoms with van der Waals surface area (Å²) in [6, 6.07) is 0. The van der Waals surface area contributed by atoms with Crippen LogP contribution in [0.25, 0.3) is 0 Å². The van der Waals surface area contributed by atoms with E-state index in [0.717, 1.165) is 24.7 Å². The molecule has 10 atom stereocenters. The molecule has 2 N–H and O–H groups in total. The molecule has 0 saturated heterocycles. The van der Waals surface area contributed by atoms with E-state index in [4.69, 9.17) is 0 Å². The van der Waals surface area contributed by atoms with Crippen LogP contribution in [0.15, 0.2) is 23.8 Å². The minimum Gasteiger partial charge on any atom is -0.393 e. The quantitative estimate of drug-likeness (QED) is 0.524. The molecule has 3 fully saturated rings. The average Bonchev–Trinajstić information content (AvgIpc) is 3.04. The van der Waals surface area contributed by atoms with Gasteiger partial charge >= 0.3 is 0 Å². The van der Waals surface area contributed by atoms with E-state index in [0.29, 0.717) is 41.4 Å². The average molecular weight is 415 g/mol. The first kappa shape index (κ1) is 22.6. The molecule has 0 aromatic heterocycles. The Morgan fingerprint density at radius 3 is 2.43 bits per heavy atom. The zero-order valence-corrected chi connectivity index (χ0v) is 20.3. The van der Waals surface area contributed by atoms with E-state index >= 15 is 0 Å². The van der Waals surface area contributed by atoms with E-state index < -0.39 is 0 Å². The van der Waals surface area contributed by atoms with Gasteiger partial charge in [-0.25, -0.2) is 0 Å². The van der Waals surface area contributed by atoms with Gasteiger partial charge in [-0.15, -0.1) is 0 Å². The van der Waals surface area contributed by atoms with Gasteiger partial charge in [0.25, 0.3) is 0 Å². The van der Waals surface area contributed by atoms with Crippen LogP contribution in [0, 0.1) is 52.3 Å². The van der Waals surface area contributed by atoms with Crippen LogP contribution in [-0.4, -0.2) is 22.4 Å². The number of hydrogen-bond acceptors (Lipinski definition) is 2. The van der Waals surface area contributed by atoms with Crippen molar-refractivity contribution in [3.05, 3.63) is 23.8 Å². The summed E-state index contributed by atoms with van der Waals surface area (Å²) in [7, 11) is 0. The molecule has 3 saturated carbocycles. The Balaban J connectivity index is 1.55. The molecule has 0 unspecified atom stereocenters. The fourth-order valence-electron chi connectivity index (χ4n) is 8.31. The van der Waals surface area contributed by atoms with Crippen molar-refractivity contribution < 1.29 is 10.2 Å². The van der Waals surface area contributed by atoms with Crippen molar-refractivity contribution in [3.8, 4) is 0 Å². The van der Waals surface area contributed by atoms with Crippen molar-refractivity contribution in [1.29, 1.82) is 0 Å². The van der Waals surface area contributed by atoms with Gasteiger partial charge in [0, 0.05) is 11.8 Å². The second-order valence-corrected chi connectivity index (χ2v) is 12.3. The number of aliphatic hydroxyl groups is 2. The Kier molecular flexibility index (Phi) is 6.08. The van der Waals surface area contributed by atoms with Crippen molar-refractivity contribution >= 4 is 0 Å². The molecule has 170 valence electrons. The van der Waals surface area contributed by atoms with Crippen LogP contribution in [0.3, 0.4) is 0 Å². The van der Waals surface area contributed by atoms with Crippen LogP contribution in [0.2, 0.25) is 0 Å². The zero-order valence-electron chi connectivity index (χ0n) is 20.3. The maximum Gasteiger partial charge on any atom is 0.0658 e. The first-order valence-corrected chi connectivity index (χ1v) is 12.8. The van der Waals surface area contributed by atoms with Gasteiger partial charge < -0.3 is 10.2 Å². The monoisotopic (exact) mass is 414 g/mol. The molecule has 0 aromatic rings. The normalized spacial score (nSPS) is 48.1. The molecular formula is C28H46O2. The molecule has 0 spiro atoms. The number of rotatable bonds is 4. The van der Waals surface area contributed by atoms with E-state index in [2.05, 4.69) is 59.8 Å². The Morgan fingerprint density at radius 2 is 1.73 bits per heavy atom. The number of hydrogen-bond donors (Lipinski definition) is 2. The lowest BCUT2D eigenvalue weighted by atomic mass is 9.46. The highest BCUT2D eigenvalue weighted by molar-refractivity contribution is 5.27. The molecule has 2 heteroatoms. The Morgan fingerprint density at radius 1 is 1.00 bits per heavy atom. The lowest BCUT2D eigenvalue weighted by molar-refractivity contribution is -0.106. The number of aliphatic hydroxyl groups excluding tert-OH is 2. The molecule has 0 aromatic carbocycles. The highest BCUT2D eigenvalue weighted by Gasteiger charge is 2.60. The van der Waals surface area contributed by atoms with Gasteiger partial charge in [-0.2, -0.15) is 0 Å². The first-order valence-electron chi connectivity index (χ1n) is 12.8. The van der Waals surface area contributed by atoms with E-state index in [1.54, 1.807) is 0 Å². The third-order valence-electron chi connectivity index (χ3n) is 10.7.